The van der Waals surface area contributed by atoms with Crippen LogP contribution in [0.2, 0.25) is 0 Å². The molecule has 2 heteroatoms. The fraction of sp³-hybridized carbons (Fsp3) is 1.00. The molecule has 0 radical (unpaired) electrons. The molecule has 0 aromatic carbocycles. The Bertz CT molecular complexity index is 252. The van der Waals surface area contributed by atoms with E-state index in [4.69, 9.17) is 10.5 Å². The molecule has 17 heavy (non-hydrogen) atoms. The van der Waals surface area contributed by atoms with Crippen LogP contribution in [0.4, 0.5) is 0 Å². The molecule has 3 fully saturated rings. The van der Waals surface area contributed by atoms with Gasteiger partial charge in [-0.1, -0.05) is 38.5 Å². The van der Waals surface area contributed by atoms with E-state index >= 15 is 0 Å². The van der Waals surface area contributed by atoms with Gasteiger partial charge in [-0.05, 0) is 32.1 Å². The number of hydrogen-bond donors (Lipinski definition) is 1. The maximum absolute atomic E-state index is 6.39. The summed E-state index contributed by atoms with van der Waals surface area (Å²) in [5.74, 6) is 0. The lowest BCUT2D eigenvalue weighted by atomic mass is 9.58. The summed E-state index contributed by atoms with van der Waals surface area (Å²) in [7, 11) is 0. The third-order valence-electron chi connectivity index (χ3n) is 5.54. The topological polar surface area (TPSA) is 35.2 Å². The largest absolute Gasteiger partial charge is 0.374 e. The summed E-state index contributed by atoms with van der Waals surface area (Å²) in [5, 5.41) is 0. The first-order chi connectivity index (χ1) is 8.31. The molecule has 0 heterocycles. The molecule has 0 bridgehead atoms. The van der Waals surface area contributed by atoms with Crippen molar-refractivity contribution >= 4 is 0 Å². The average Bonchev–Trinajstić information content (AvgIpc) is 2.70. The van der Waals surface area contributed by atoms with Crippen LogP contribution in [0.15, 0.2) is 0 Å². The van der Waals surface area contributed by atoms with E-state index in [1.807, 2.05) is 0 Å². The van der Waals surface area contributed by atoms with Crippen LogP contribution in [0, 0.1) is 5.41 Å². The predicted octanol–water partition coefficient (Wildman–Crippen LogP) is 3.39. The summed E-state index contributed by atoms with van der Waals surface area (Å²) >= 11 is 0. The second-order valence-corrected chi connectivity index (χ2v) is 6.52. The van der Waals surface area contributed by atoms with Crippen molar-refractivity contribution in [2.24, 2.45) is 11.1 Å². The molecule has 2 N–H and O–H groups in total. The molecule has 3 aliphatic carbocycles. The van der Waals surface area contributed by atoms with Crippen molar-refractivity contribution in [2.45, 2.75) is 88.9 Å². The van der Waals surface area contributed by atoms with Crippen LogP contribution in [0.5, 0.6) is 0 Å². The summed E-state index contributed by atoms with van der Waals surface area (Å²) < 4.78 is 6.39. The van der Waals surface area contributed by atoms with E-state index < -0.39 is 0 Å². The molecule has 98 valence electrons. The minimum atomic E-state index is 0.374. The Kier molecular flexibility index (Phi) is 3.45. The van der Waals surface area contributed by atoms with Gasteiger partial charge in [0.25, 0.3) is 0 Å². The van der Waals surface area contributed by atoms with Crippen LogP contribution in [0.1, 0.15) is 70.6 Å². The fourth-order valence-electron chi connectivity index (χ4n) is 4.31. The molecule has 0 aromatic heterocycles. The van der Waals surface area contributed by atoms with Crippen molar-refractivity contribution < 1.29 is 4.74 Å². The van der Waals surface area contributed by atoms with Gasteiger partial charge in [0.15, 0.2) is 0 Å². The van der Waals surface area contributed by atoms with Crippen LogP contribution in [0.25, 0.3) is 0 Å². The van der Waals surface area contributed by atoms with E-state index in [0.29, 0.717) is 23.7 Å². The minimum absolute atomic E-state index is 0.374. The van der Waals surface area contributed by atoms with Crippen LogP contribution in [-0.4, -0.2) is 18.2 Å². The zero-order valence-electron chi connectivity index (χ0n) is 11.0. The van der Waals surface area contributed by atoms with Gasteiger partial charge in [0.2, 0.25) is 0 Å². The number of ether oxygens (including phenoxy) is 1. The van der Waals surface area contributed by atoms with Gasteiger partial charge in [-0.2, -0.15) is 0 Å². The summed E-state index contributed by atoms with van der Waals surface area (Å²) in [6.45, 7) is 0. The SMILES string of the molecule is NC1CC(OC2CCCC2)C12CCCCCC2. The van der Waals surface area contributed by atoms with Gasteiger partial charge in [0, 0.05) is 11.5 Å². The Morgan fingerprint density at radius 3 is 2.12 bits per heavy atom. The first kappa shape index (κ1) is 12.0. The van der Waals surface area contributed by atoms with E-state index in [2.05, 4.69) is 0 Å². The first-order valence-corrected chi connectivity index (χ1v) is 7.72. The highest BCUT2D eigenvalue weighted by Crippen LogP contribution is 2.52. The molecular formula is C15H27NO. The minimum Gasteiger partial charge on any atom is -0.374 e. The van der Waals surface area contributed by atoms with Crippen LogP contribution in [0.3, 0.4) is 0 Å². The van der Waals surface area contributed by atoms with Crippen molar-refractivity contribution in [1.82, 2.24) is 0 Å². The summed E-state index contributed by atoms with van der Waals surface area (Å²) in [4.78, 5) is 0. The van der Waals surface area contributed by atoms with Gasteiger partial charge >= 0.3 is 0 Å². The summed E-state index contributed by atoms with van der Waals surface area (Å²) in [6.07, 6.45) is 15.7. The summed E-state index contributed by atoms with van der Waals surface area (Å²) in [5.41, 5.74) is 6.72. The quantitative estimate of drug-likeness (QED) is 0.799. The highest BCUT2D eigenvalue weighted by molar-refractivity contribution is 5.07. The molecule has 2 nitrogen and oxygen atoms in total. The van der Waals surface area contributed by atoms with E-state index in [1.54, 1.807) is 0 Å². The monoisotopic (exact) mass is 237 g/mol. The van der Waals surface area contributed by atoms with Gasteiger partial charge < -0.3 is 10.5 Å². The highest BCUT2D eigenvalue weighted by Gasteiger charge is 2.54. The molecule has 3 rings (SSSR count). The standard InChI is InChI=1S/C15H27NO/c16-13-11-14(17-12-7-3-4-8-12)15(13)9-5-1-2-6-10-15/h12-14H,1-11,16H2. The van der Waals surface area contributed by atoms with Gasteiger partial charge in [0.1, 0.15) is 0 Å². The molecule has 0 aromatic rings. The van der Waals surface area contributed by atoms with Crippen LogP contribution in [-0.2, 0) is 4.74 Å². The predicted molar refractivity (Wildman–Crippen MR) is 69.9 cm³/mol. The van der Waals surface area contributed by atoms with Gasteiger partial charge in [-0.15, -0.1) is 0 Å². The Labute approximate surface area is 105 Å². The molecule has 3 saturated carbocycles. The number of nitrogens with two attached hydrogens (primary N) is 1. The summed E-state index contributed by atoms with van der Waals surface area (Å²) in [6, 6.07) is 0.423. The average molecular weight is 237 g/mol. The zero-order valence-corrected chi connectivity index (χ0v) is 11.0. The fourth-order valence-corrected chi connectivity index (χ4v) is 4.31. The molecule has 3 aliphatic rings. The molecule has 0 amide bonds. The Morgan fingerprint density at radius 1 is 0.882 bits per heavy atom. The molecule has 1 spiro atoms. The maximum Gasteiger partial charge on any atom is 0.0664 e. The Hall–Kier alpha value is -0.0800. The zero-order chi connectivity index (χ0) is 11.7. The molecule has 0 aliphatic heterocycles. The van der Waals surface area contributed by atoms with Crippen molar-refractivity contribution in [3.8, 4) is 0 Å². The molecule has 0 saturated heterocycles. The van der Waals surface area contributed by atoms with Gasteiger partial charge in [0.05, 0.1) is 12.2 Å². The third-order valence-corrected chi connectivity index (χ3v) is 5.54. The lowest BCUT2D eigenvalue weighted by molar-refractivity contribution is -0.159. The van der Waals surface area contributed by atoms with Gasteiger partial charge in [-0.3, -0.25) is 0 Å². The van der Waals surface area contributed by atoms with E-state index in [-0.39, 0.29) is 0 Å². The Morgan fingerprint density at radius 2 is 1.53 bits per heavy atom. The van der Waals surface area contributed by atoms with E-state index in [1.165, 1.54) is 64.2 Å². The van der Waals surface area contributed by atoms with Crippen molar-refractivity contribution in [3.63, 3.8) is 0 Å². The maximum atomic E-state index is 6.39. The van der Waals surface area contributed by atoms with Crippen molar-refractivity contribution in [2.75, 3.05) is 0 Å². The van der Waals surface area contributed by atoms with Crippen LogP contribution >= 0.6 is 0 Å². The third kappa shape index (κ3) is 2.15. The van der Waals surface area contributed by atoms with Crippen LogP contribution < -0.4 is 5.73 Å². The Balaban J connectivity index is 1.63. The lowest BCUT2D eigenvalue weighted by Gasteiger charge is -2.55. The molecule has 2 atom stereocenters. The smallest absolute Gasteiger partial charge is 0.0664 e. The van der Waals surface area contributed by atoms with Crippen molar-refractivity contribution in [3.05, 3.63) is 0 Å². The van der Waals surface area contributed by atoms with Gasteiger partial charge in [-0.25, -0.2) is 0 Å². The second-order valence-electron chi connectivity index (χ2n) is 6.52. The lowest BCUT2D eigenvalue weighted by Crippen LogP contribution is -2.62. The van der Waals surface area contributed by atoms with Crippen molar-refractivity contribution in [1.29, 1.82) is 0 Å². The molecule has 2 unspecified atom stereocenters. The number of hydrogen-bond acceptors (Lipinski definition) is 2. The van der Waals surface area contributed by atoms with E-state index in [0.717, 1.165) is 6.42 Å². The van der Waals surface area contributed by atoms with E-state index in [9.17, 15) is 0 Å². The molecular weight excluding hydrogens is 210 g/mol. The number of rotatable bonds is 2. The second kappa shape index (κ2) is 4.89. The highest BCUT2D eigenvalue weighted by atomic mass is 16.5. The first-order valence-electron chi connectivity index (χ1n) is 7.72. The normalized spacial score (nSPS) is 37.9.